The van der Waals surface area contributed by atoms with Gasteiger partial charge in [-0.1, -0.05) is 24.6 Å². The molecule has 0 radical (unpaired) electrons. The molecule has 0 saturated carbocycles. The maximum Gasteiger partial charge on any atom is 0.341 e. The molecule has 0 bridgehead atoms. The molecule has 0 saturated heterocycles. The second-order valence-corrected chi connectivity index (χ2v) is 7.23. The summed E-state index contributed by atoms with van der Waals surface area (Å²) in [5, 5.41) is 0. The van der Waals surface area contributed by atoms with Crippen LogP contribution in [0.15, 0.2) is 47.4 Å². The molecule has 7 heteroatoms. The predicted octanol–water partition coefficient (Wildman–Crippen LogP) is 3.26. The number of methoxy groups -OCH3 is 1. The van der Waals surface area contributed by atoms with Crippen LogP contribution >= 0.6 is 0 Å². The quantitative estimate of drug-likeness (QED) is 0.764. The Morgan fingerprint density at radius 3 is 2.40 bits per heavy atom. The van der Waals surface area contributed by atoms with Gasteiger partial charge in [0.05, 0.1) is 12.0 Å². The number of hydrogen-bond donors (Lipinski definition) is 1. The standard InChI is InChI=1S/C18H21NO5S/c1-4-11-19-25(21,22)15-9-10-17(16(12-15)18(20)23-3)24-14-7-5-13(2)6-8-14/h5-10,12,19H,4,11H2,1-3H3. The smallest absolute Gasteiger partial charge is 0.341 e. The number of carbonyl (C=O) groups is 1. The third-order valence-electron chi connectivity index (χ3n) is 3.46. The lowest BCUT2D eigenvalue weighted by Gasteiger charge is -2.12. The fraction of sp³-hybridized carbons (Fsp3) is 0.278. The topological polar surface area (TPSA) is 81.7 Å². The lowest BCUT2D eigenvalue weighted by atomic mass is 10.2. The van der Waals surface area contributed by atoms with Crippen LogP contribution in [0.1, 0.15) is 29.3 Å². The molecular weight excluding hydrogens is 342 g/mol. The fourth-order valence-electron chi connectivity index (χ4n) is 2.09. The maximum absolute atomic E-state index is 12.3. The molecule has 0 aliphatic heterocycles. The SMILES string of the molecule is CCCNS(=O)(=O)c1ccc(Oc2ccc(C)cc2)c(C(=O)OC)c1. The Bertz CT molecular complexity index is 844. The third-order valence-corrected chi connectivity index (χ3v) is 4.92. The van der Waals surface area contributed by atoms with Crippen LogP contribution in [-0.4, -0.2) is 28.0 Å². The molecule has 134 valence electrons. The lowest BCUT2D eigenvalue weighted by Crippen LogP contribution is -2.24. The highest BCUT2D eigenvalue weighted by Crippen LogP contribution is 2.28. The highest BCUT2D eigenvalue weighted by atomic mass is 32.2. The van der Waals surface area contributed by atoms with Crippen LogP contribution in [0.3, 0.4) is 0 Å². The van der Waals surface area contributed by atoms with Crippen molar-refractivity contribution in [3.8, 4) is 11.5 Å². The number of esters is 1. The van der Waals surface area contributed by atoms with Crippen LogP contribution in [0.25, 0.3) is 0 Å². The maximum atomic E-state index is 12.3. The summed E-state index contributed by atoms with van der Waals surface area (Å²) in [4.78, 5) is 12.0. The fourth-order valence-corrected chi connectivity index (χ4v) is 3.25. The van der Waals surface area contributed by atoms with E-state index in [-0.39, 0.29) is 16.2 Å². The Morgan fingerprint density at radius 2 is 1.80 bits per heavy atom. The summed E-state index contributed by atoms with van der Waals surface area (Å²) in [5.41, 5.74) is 1.12. The molecule has 2 aromatic rings. The van der Waals surface area contributed by atoms with Crippen molar-refractivity contribution in [2.75, 3.05) is 13.7 Å². The van der Waals surface area contributed by atoms with Crippen molar-refractivity contribution in [2.24, 2.45) is 0 Å². The zero-order chi connectivity index (χ0) is 18.4. The number of ether oxygens (including phenoxy) is 2. The Morgan fingerprint density at radius 1 is 1.12 bits per heavy atom. The van der Waals surface area contributed by atoms with E-state index in [1.807, 2.05) is 26.0 Å². The Kier molecular flexibility index (Phi) is 6.17. The van der Waals surface area contributed by atoms with Gasteiger partial charge in [-0.05, 0) is 43.7 Å². The Labute approximate surface area is 147 Å². The summed E-state index contributed by atoms with van der Waals surface area (Å²) in [5.74, 6) is 0.0928. The molecule has 6 nitrogen and oxygen atoms in total. The van der Waals surface area contributed by atoms with E-state index < -0.39 is 16.0 Å². The van der Waals surface area contributed by atoms with Gasteiger partial charge in [-0.25, -0.2) is 17.9 Å². The van der Waals surface area contributed by atoms with Crippen LogP contribution in [0.5, 0.6) is 11.5 Å². The zero-order valence-corrected chi connectivity index (χ0v) is 15.2. The van der Waals surface area contributed by atoms with Gasteiger partial charge < -0.3 is 9.47 Å². The molecule has 0 aliphatic carbocycles. The summed E-state index contributed by atoms with van der Waals surface area (Å²) in [6, 6.07) is 11.4. The molecule has 0 fully saturated rings. The number of sulfonamides is 1. The summed E-state index contributed by atoms with van der Waals surface area (Å²) in [6.45, 7) is 4.13. The van der Waals surface area contributed by atoms with Crippen molar-refractivity contribution in [3.63, 3.8) is 0 Å². The van der Waals surface area contributed by atoms with Gasteiger partial charge in [0.15, 0.2) is 0 Å². The van der Waals surface area contributed by atoms with E-state index in [1.54, 1.807) is 12.1 Å². The molecular formula is C18H21NO5S. The van der Waals surface area contributed by atoms with E-state index >= 15 is 0 Å². The van der Waals surface area contributed by atoms with Gasteiger partial charge in [0.2, 0.25) is 10.0 Å². The summed E-state index contributed by atoms with van der Waals surface area (Å²) < 4.78 is 37.4. The van der Waals surface area contributed by atoms with Gasteiger partial charge >= 0.3 is 5.97 Å². The first kappa shape index (κ1) is 19.0. The predicted molar refractivity (Wildman–Crippen MR) is 94.5 cm³/mol. The van der Waals surface area contributed by atoms with Crippen LogP contribution < -0.4 is 9.46 Å². The molecule has 1 N–H and O–H groups in total. The van der Waals surface area contributed by atoms with Crippen LogP contribution in [0, 0.1) is 6.92 Å². The van der Waals surface area contributed by atoms with Crippen molar-refractivity contribution in [2.45, 2.75) is 25.2 Å². The van der Waals surface area contributed by atoms with Gasteiger partial charge in [0.1, 0.15) is 17.1 Å². The van der Waals surface area contributed by atoms with Crippen LogP contribution in [0.2, 0.25) is 0 Å². The summed E-state index contributed by atoms with van der Waals surface area (Å²) in [6.07, 6.45) is 0.664. The minimum absolute atomic E-state index is 0.0161. The average molecular weight is 363 g/mol. The first-order chi connectivity index (χ1) is 11.9. The van der Waals surface area contributed by atoms with Crippen LogP contribution in [0.4, 0.5) is 0 Å². The molecule has 0 heterocycles. The second-order valence-electron chi connectivity index (χ2n) is 5.46. The van der Waals surface area contributed by atoms with Gasteiger partial charge in [-0.15, -0.1) is 0 Å². The van der Waals surface area contributed by atoms with E-state index in [0.29, 0.717) is 18.7 Å². The number of nitrogens with one attached hydrogen (secondary N) is 1. The van der Waals surface area contributed by atoms with Crippen molar-refractivity contribution in [3.05, 3.63) is 53.6 Å². The number of carbonyl (C=O) groups excluding carboxylic acids is 1. The van der Waals surface area contributed by atoms with E-state index in [9.17, 15) is 13.2 Å². The number of hydrogen-bond acceptors (Lipinski definition) is 5. The minimum Gasteiger partial charge on any atom is -0.465 e. The molecule has 2 aromatic carbocycles. The molecule has 2 rings (SSSR count). The van der Waals surface area contributed by atoms with E-state index in [2.05, 4.69) is 4.72 Å². The monoisotopic (exact) mass is 363 g/mol. The lowest BCUT2D eigenvalue weighted by molar-refractivity contribution is 0.0597. The van der Waals surface area contributed by atoms with Crippen molar-refractivity contribution < 1.29 is 22.7 Å². The van der Waals surface area contributed by atoms with Crippen LogP contribution in [-0.2, 0) is 14.8 Å². The molecule has 0 unspecified atom stereocenters. The largest absolute Gasteiger partial charge is 0.465 e. The molecule has 25 heavy (non-hydrogen) atoms. The molecule has 0 amide bonds. The van der Waals surface area contributed by atoms with Crippen molar-refractivity contribution in [1.82, 2.24) is 4.72 Å². The summed E-state index contributed by atoms with van der Waals surface area (Å²) in [7, 11) is -2.46. The van der Waals surface area contributed by atoms with Gasteiger partial charge in [0.25, 0.3) is 0 Å². The first-order valence-corrected chi connectivity index (χ1v) is 9.32. The molecule has 0 atom stereocenters. The molecule has 0 spiro atoms. The molecule has 0 aromatic heterocycles. The van der Waals surface area contributed by atoms with Gasteiger partial charge in [-0.3, -0.25) is 0 Å². The second kappa shape index (κ2) is 8.13. The third kappa shape index (κ3) is 4.80. The van der Waals surface area contributed by atoms with Crippen molar-refractivity contribution >= 4 is 16.0 Å². The minimum atomic E-state index is -3.70. The van der Waals surface area contributed by atoms with E-state index in [4.69, 9.17) is 9.47 Å². The highest BCUT2D eigenvalue weighted by Gasteiger charge is 2.20. The first-order valence-electron chi connectivity index (χ1n) is 7.84. The number of aryl methyl sites for hydroxylation is 1. The molecule has 0 aliphatic rings. The average Bonchev–Trinajstić information content (AvgIpc) is 2.61. The number of rotatable bonds is 7. The van der Waals surface area contributed by atoms with Gasteiger partial charge in [-0.2, -0.15) is 0 Å². The number of benzene rings is 2. The summed E-state index contributed by atoms with van der Waals surface area (Å²) >= 11 is 0. The Balaban J connectivity index is 2.40. The zero-order valence-electron chi connectivity index (χ0n) is 14.4. The highest BCUT2D eigenvalue weighted by molar-refractivity contribution is 7.89. The van der Waals surface area contributed by atoms with Crippen molar-refractivity contribution in [1.29, 1.82) is 0 Å². The van der Waals surface area contributed by atoms with E-state index in [0.717, 1.165) is 5.56 Å². The van der Waals surface area contributed by atoms with Gasteiger partial charge in [0, 0.05) is 6.54 Å². The van der Waals surface area contributed by atoms with E-state index in [1.165, 1.54) is 25.3 Å². The Hall–Kier alpha value is -2.38. The normalized spacial score (nSPS) is 11.2.